The van der Waals surface area contributed by atoms with Crippen molar-refractivity contribution in [2.24, 2.45) is 0 Å². The molecule has 1 rings (SSSR count). The number of alkyl halides is 3. The molecule has 0 aliphatic heterocycles. The number of halogens is 6. The van der Waals surface area contributed by atoms with E-state index in [4.69, 9.17) is 74.3 Å². The van der Waals surface area contributed by atoms with E-state index in [-0.39, 0.29) is 22.3 Å². The lowest BCUT2D eigenvalue weighted by Crippen LogP contribution is -2.49. The van der Waals surface area contributed by atoms with E-state index in [1.807, 2.05) is 0 Å². The highest BCUT2D eigenvalue weighted by Crippen LogP contribution is 2.37. The van der Waals surface area contributed by atoms with Gasteiger partial charge < -0.3 is 10.1 Å². The minimum absolute atomic E-state index is 0.168. The summed E-state index contributed by atoms with van der Waals surface area (Å²) in [6.45, 7) is 1.81. The highest BCUT2D eigenvalue weighted by molar-refractivity contribution is 6.68. The van der Waals surface area contributed by atoms with Crippen molar-refractivity contribution in [3.8, 4) is 0 Å². The largest absolute Gasteiger partial charge is 0.450 e. The van der Waals surface area contributed by atoms with E-state index >= 15 is 0 Å². The monoisotopic (exact) mass is 412 g/mol. The van der Waals surface area contributed by atoms with Crippen LogP contribution in [0, 0.1) is 0 Å². The van der Waals surface area contributed by atoms with Crippen LogP contribution in [0.15, 0.2) is 12.1 Å². The summed E-state index contributed by atoms with van der Waals surface area (Å²) in [5.74, 6) is 0. The van der Waals surface area contributed by atoms with E-state index < -0.39 is 16.1 Å². The zero-order valence-corrected chi connectivity index (χ0v) is 15.1. The molecule has 0 saturated carbocycles. The fourth-order valence-corrected chi connectivity index (χ4v) is 2.57. The van der Waals surface area contributed by atoms with Gasteiger partial charge in [0.2, 0.25) is 3.79 Å². The summed E-state index contributed by atoms with van der Waals surface area (Å²) >= 11 is 35.3. The van der Waals surface area contributed by atoms with Gasteiger partial charge >= 0.3 is 6.09 Å². The Morgan fingerprint density at radius 1 is 1.24 bits per heavy atom. The predicted octanol–water partition coefficient (Wildman–Crippen LogP) is 5.50. The van der Waals surface area contributed by atoms with Crippen LogP contribution >= 0.6 is 69.6 Å². The molecule has 0 unspecified atom stereocenters. The van der Waals surface area contributed by atoms with Gasteiger partial charge in [-0.2, -0.15) is 0 Å². The first-order valence-corrected chi connectivity index (χ1v) is 7.83. The molecule has 1 atom stereocenters. The fraction of sp³-hybridized carbons (Fsp3) is 0.364. The minimum Gasteiger partial charge on any atom is -0.450 e. The van der Waals surface area contributed by atoms with Crippen molar-refractivity contribution >= 4 is 81.4 Å². The number of benzene rings is 1. The number of rotatable bonds is 4. The number of carbonyl (C=O) groups is 1. The van der Waals surface area contributed by atoms with Crippen molar-refractivity contribution in [3.63, 3.8) is 0 Å². The number of alkyl carbamates (subject to hydrolysis) is 1. The van der Waals surface area contributed by atoms with Crippen LogP contribution in [0.4, 0.5) is 10.5 Å². The predicted molar refractivity (Wildman–Crippen MR) is 89.3 cm³/mol. The molecule has 0 spiro atoms. The average molecular weight is 415 g/mol. The first-order chi connectivity index (χ1) is 9.65. The molecular formula is C11H10Cl6N2O2. The lowest BCUT2D eigenvalue weighted by molar-refractivity contribution is 0.149. The second kappa shape index (κ2) is 8.04. The molecule has 0 fully saturated rings. The van der Waals surface area contributed by atoms with Gasteiger partial charge in [0.05, 0.1) is 22.3 Å². The zero-order valence-electron chi connectivity index (χ0n) is 10.5. The molecule has 0 aliphatic carbocycles. The molecule has 118 valence electrons. The van der Waals surface area contributed by atoms with Crippen LogP contribution in [0.2, 0.25) is 15.1 Å². The highest BCUT2D eigenvalue weighted by atomic mass is 35.6. The second-order valence-electron chi connectivity index (χ2n) is 3.73. The standard InChI is InChI=1S/C11H10Cl6N2O2/c1-2-21-10(20)19-9(11(15,16)17)18-8-6(13)3-5(12)4-7(8)14/h3-4,9,18H,2H2,1H3,(H,19,20)/t9-/m0/s1. The summed E-state index contributed by atoms with van der Waals surface area (Å²) < 4.78 is 2.86. The summed E-state index contributed by atoms with van der Waals surface area (Å²) in [6.07, 6.45) is -1.89. The molecule has 2 N–H and O–H groups in total. The third kappa shape index (κ3) is 5.97. The second-order valence-corrected chi connectivity index (χ2v) is 7.35. The van der Waals surface area contributed by atoms with Crippen LogP contribution in [-0.2, 0) is 4.74 Å². The number of hydrogen-bond acceptors (Lipinski definition) is 3. The van der Waals surface area contributed by atoms with Crippen molar-refractivity contribution in [2.45, 2.75) is 16.9 Å². The smallest absolute Gasteiger partial charge is 0.408 e. The van der Waals surface area contributed by atoms with Crippen molar-refractivity contribution in [3.05, 3.63) is 27.2 Å². The van der Waals surface area contributed by atoms with Gasteiger partial charge in [0.1, 0.15) is 0 Å². The Kier molecular flexibility index (Phi) is 7.31. The van der Waals surface area contributed by atoms with E-state index in [0.717, 1.165) is 0 Å². The van der Waals surface area contributed by atoms with Crippen LogP contribution in [0.3, 0.4) is 0 Å². The molecule has 0 aliphatic rings. The number of nitrogens with one attached hydrogen (secondary N) is 2. The van der Waals surface area contributed by atoms with Gasteiger partial charge in [-0.3, -0.25) is 5.32 Å². The van der Waals surface area contributed by atoms with E-state index in [1.54, 1.807) is 6.92 Å². The van der Waals surface area contributed by atoms with Crippen molar-refractivity contribution in [1.82, 2.24) is 5.32 Å². The topological polar surface area (TPSA) is 50.4 Å². The summed E-state index contributed by atoms with van der Waals surface area (Å²) in [5, 5.41) is 5.86. The fourth-order valence-electron chi connectivity index (χ4n) is 1.31. The van der Waals surface area contributed by atoms with E-state index in [2.05, 4.69) is 10.6 Å². The summed E-state index contributed by atoms with van der Waals surface area (Å²) in [6, 6.07) is 2.91. The number of anilines is 1. The number of ether oxygens (including phenoxy) is 1. The van der Waals surface area contributed by atoms with Crippen LogP contribution < -0.4 is 10.6 Å². The molecular weight excluding hydrogens is 405 g/mol. The molecule has 4 nitrogen and oxygen atoms in total. The summed E-state index contributed by atoms with van der Waals surface area (Å²) in [7, 11) is 0. The number of carbonyl (C=O) groups excluding carboxylic acids is 1. The number of hydrogen-bond donors (Lipinski definition) is 2. The summed E-state index contributed by atoms with van der Waals surface area (Å²) in [4.78, 5) is 11.5. The Morgan fingerprint density at radius 3 is 2.19 bits per heavy atom. The normalized spacial score (nSPS) is 12.7. The van der Waals surface area contributed by atoms with Crippen LogP contribution in [-0.4, -0.2) is 22.7 Å². The van der Waals surface area contributed by atoms with E-state index in [9.17, 15) is 4.79 Å². The maximum Gasteiger partial charge on any atom is 0.408 e. The van der Waals surface area contributed by atoms with Crippen LogP contribution in [0.5, 0.6) is 0 Å². The number of amides is 1. The van der Waals surface area contributed by atoms with E-state index in [0.29, 0.717) is 5.02 Å². The molecule has 1 aromatic rings. The van der Waals surface area contributed by atoms with Gasteiger partial charge in [-0.1, -0.05) is 69.6 Å². The third-order valence-corrected chi connectivity index (χ3v) is 3.63. The molecule has 0 heterocycles. The van der Waals surface area contributed by atoms with Crippen LogP contribution in [0.25, 0.3) is 0 Å². The van der Waals surface area contributed by atoms with Crippen molar-refractivity contribution < 1.29 is 9.53 Å². The summed E-state index contributed by atoms with van der Waals surface area (Å²) in [5.41, 5.74) is 0.260. The lowest BCUT2D eigenvalue weighted by Gasteiger charge is -2.27. The van der Waals surface area contributed by atoms with Gasteiger partial charge in [0.15, 0.2) is 6.17 Å². The maximum absolute atomic E-state index is 11.5. The highest BCUT2D eigenvalue weighted by Gasteiger charge is 2.35. The van der Waals surface area contributed by atoms with Crippen molar-refractivity contribution in [2.75, 3.05) is 11.9 Å². The third-order valence-electron chi connectivity index (χ3n) is 2.16. The SMILES string of the molecule is CCOC(=O)N[C@H](Nc1c(Cl)cc(Cl)cc1Cl)C(Cl)(Cl)Cl. The van der Waals surface area contributed by atoms with Gasteiger partial charge in [-0.25, -0.2) is 4.79 Å². The molecule has 21 heavy (non-hydrogen) atoms. The first kappa shape index (κ1) is 19.1. The molecule has 0 radical (unpaired) electrons. The van der Waals surface area contributed by atoms with Gasteiger partial charge in [0.25, 0.3) is 0 Å². The van der Waals surface area contributed by atoms with Gasteiger partial charge in [-0.15, -0.1) is 0 Å². The minimum atomic E-state index is -1.88. The maximum atomic E-state index is 11.5. The first-order valence-electron chi connectivity index (χ1n) is 5.56. The Hall–Kier alpha value is 0.0300. The zero-order chi connectivity index (χ0) is 16.2. The van der Waals surface area contributed by atoms with Crippen LogP contribution in [0.1, 0.15) is 6.92 Å². The Balaban J connectivity index is 3.00. The quantitative estimate of drug-likeness (QED) is 0.505. The Morgan fingerprint density at radius 2 is 1.76 bits per heavy atom. The molecule has 1 amide bonds. The average Bonchev–Trinajstić information content (AvgIpc) is 2.30. The lowest BCUT2D eigenvalue weighted by atomic mass is 10.3. The Bertz CT molecular complexity index is 497. The Labute approximate surface area is 151 Å². The van der Waals surface area contributed by atoms with Crippen molar-refractivity contribution in [1.29, 1.82) is 0 Å². The molecule has 10 heteroatoms. The van der Waals surface area contributed by atoms with Gasteiger partial charge in [0, 0.05) is 5.02 Å². The molecule has 0 aromatic heterocycles. The van der Waals surface area contributed by atoms with E-state index in [1.165, 1.54) is 12.1 Å². The molecule has 0 bridgehead atoms. The van der Waals surface area contributed by atoms with Gasteiger partial charge in [-0.05, 0) is 19.1 Å². The molecule has 0 saturated heterocycles. The molecule has 1 aromatic carbocycles.